The second-order valence-corrected chi connectivity index (χ2v) is 6.22. The van der Waals surface area contributed by atoms with E-state index < -0.39 is 21.8 Å². The van der Waals surface area contributed by atoms with Gasteiger partial charge in [0.05, 0.1) is 16.3 Å². The van der Waals surface area contributed by atoms with Crippen molar-refractivity contribution in [2.75, 3.05) is 17.7 Å². The minimum Gasteiger partial charge on any atom is -0.480 e. The van der Waals surface area contributed by atoms with Gasteiger partial charge in [-0.3, -0.25) is 0 Å². The number of hydrogen-bond acceptors (Lipinski definition) is 4. The van der Waals surface area contributed by atoms with E-state index in [0.29, 0.717) is 5.69 Å². The van der Waals surface area contributed by atoms with Crippen molar-refractivity contribution in [2.45, 2.75) is 17.9 Å². The molecule has 6 heteroatoms. The van der Waals surface area contributed by atoms with Gasteiger partial charge in [0.15, 0.2) is 9.84 Å². The Balaban J connectivity index is 2.66. The maximum Gasteiger partial charge on any atom is 0.327 e. The molecule has 0 amide bonds. The minimum atomic E-state index is -3.51. The van der Waals surface area contributed by atoms with E-state index in [9.17, 15) is 13.2 Å². The molecule has 1 aromatic carbocycles. The van der Waals surface area contributed by atoms with E-state index in [-0.39, 0.29) is 10.6 Å². The highest BCUT2D eigenvalue weighted by Gasteiger charge is 2.37. The van der Waals surface area contributed by atoms with Crippen LogP contribution in [0, 0.1) is 6.92 Å². The molecule has 1 aliphatic rings. The first-order chi connectivity index (χ1) is 7.83. The third-order valence-corrected chi connectivity index (χ3v) is 4.73. The summed E-state index contributed by atoms with van der Waals surface area (Å²) in [7, 11) is -1.91. The van der Waals surface area contributed by atoms with Crippen LogP contribution in [0.2, 0.25) is 0 Å². The number of anilines is 1. The quantitative estimate of drug-likeness (QED) is 0.798. The highest BCUT2D eigenvalue weighted by molar-refractivity contribution is 7.91. The summed E-state index contributed by atoms with van der Waals surface area (Å²) >= 11 is 0. The van der Waals surface area contributed by atoms with Gasteiger partial charge in [0.1, 0.15) is 6.04 Å². The molecule has 1 unspecified atom stereocenters. The molecule has 2 rings (SSSR count). The highest BCUT2D eigenvalue weighted by atomic mass is 32.2. The molecule has 0 saturated carbocycles. The minimum absolute atomic E-state index is 0.211. The smallest absolute Gasteiger partial charge is 0.327 e. The molecule has 0 saturated heterocycles. The summed E-state index contributed by atoms with van der Waals surface area (Å²) in [4.78, 5) is 12.8. The third-order valence-electron chi connectivity index (χ3n) is 2.96. The molecule has 1 heterocycles. The average Bonchev–Trinajstić information content (AvgIpc) is 2.23. The number of likely N-dealkylation sites (N-methyl/N-ethyl adjacent to an activating group) is 1. The molecule has 17 heavy (non-hydrogen) atoms. The van der Waals surface area contributed by atoms with E-state index in [2.05, 4.69) is 0 Å². The molecule has 1 atom stereocenters. The van der Waals surface area contributed by atoms with Gasteiger partial charge in [-0.25, -0.2) is 13.2 Å². The molecule has 1 aliphatic heterocycles. The lowest BCUT2D eigenvalue weighted by molar-refractivity contribution is -0.138. The molecule has 0 bridgehead atoms. The van der Waals surface area contributed by atoms with Crippen LogP contribution in [-0.4, -0.2) is 38.3 Å². The first-order valence-corrected chi connectivity index (χ1v) is 6.77. The third kappa shape index (κ3) is 1.88. The van der Waals surface area contributed by atoms with E-state index in [4.69, 9.17) is 5.11 Å². The zero-order valence-corrected chi connectivity index (χ0v) is 10.4. The van der Waals surface area contributed by atoms with E-state index in [0.717, 1.165) is 5.56 Å². The first-order valence-electron chi connectivity index (χ1n) is 5.12. The van der Waals surface area contributed by atoms with Crippen molar-refractivity contribution in [3.05, 3.63) is 23.8 Å². The molecule has 0 fully saturated rings. The van der Waals surface area contributed by atoms with Gasteiger partial charge >= 0.3 is 5.97 Å². The van der Waals surface area contributed by atoms with Crippen LogP contribution in [-0.2, 0) is 14.6 Å². The topological polar surface area (TPSA) is 74.7 Å². The Kier molecular flexibility index (Phi) is 2.61. The Bertz CT molecular complexity index is 579. The molecule has 1 aromatic rings. The monoisotopic (exact) mass is 255 g/mol. The SMILES string of the molecule is Cc1ccc2c(c1)N(C)C(C(=O)O)CS2(=O)=O. The summed E-state index contributed by atoms with van der Waals surface area (Å²) < 4.78 is 23.9. The second kappa shape index (κ2) is 3.73. The zero-order chi connectivity index (χ0) is 12.8. The summed E-state index contributed by atoms with van der Waals surface area (Å²) in [6.07, 6.45) is 0. The van der Waals surface area contributed by atoms with E-state index in [1.54, 1.807) is 19.2 Å². The summed E-state index contributed by atoms with van der Waals surface area (Å²) in [6.45, 7) is 1.84. The fraction of sp³-hybridized carbons (Fsp3) is 0.364. The number of nitrogens with zero attached hydrogens (tertiary/aromatic N) is 1. The Morgan fingerprint density at radius 2 is 2.12 bits per heavy atom. The lowest BCUT2D eigenvalue weighted by Crippen LogP contribution is -2.47. The number of aryl methyl sites for hydroxylation is 1. The number of hydrogen-bond donors (Lipinski definition) is 1. The van der Waals surface area contributed by atoms with Gasteiger partial charge < -0.3 is 10.0 Å². The summed E-state index contributed by atoms with van der Waals surface area (Å²) in [5.41, 5.74) is 1.36. The molecule has 1 N–H and O–H groups in total. The number of fused-ring (bicyclic) bond motifs is 1. The Morgan fingerprint density at radius 1 is 1.47 bits per heavy atom. The number of benzene rings is 1. The van der Waals surface area contributed by atoms with Crippen molar-refractivity contribution in [1.82, 2.24) is 0 Å². The number of sulfone groups is 1. The number of rotatable bonds is 1. The lowest BCUT2D eigenvalue weighted by Gasteiger charge is -2.33. The van der Waals surface area contributed by atoms with Gasteiger partial charge in [0.25, 0.3) is 0 Å². The largest absolute Gasteiger partial charge is 0.480 e. The number of carboxylic acid groups (broad SMARTS) is 1. The standard InChI is InChI=1S/C11H13NO4S/c1-7-3-4-10-8(5-7)12(2)9(11(13)14)6-17(10,15)16/h3-5,9H,6H2,1-2H3,(H,13,14). The van der Waals surface area contributed by atoms with Gasteiger partial charge in [0, 0.05) is 7.05 Å². The molecule has 0 spiro atoms. The molecule has 5 nitrogen and oxygen atoms in total. The molecule has 0 radical (unpaired) electrons. The van der Waals surface area contributed by atoms with Crippen LogP contribution < -0.4 is 4.90 Å². The molecular weight excluding hydrogens is 242 g/mol. The van der Waals surface area contributed by atoms with Crippen molar-refractivity contribution in [3.8, 4) is 0 Å². The van der Waals surface area contributed by atoms with E-state index >= 15 is 0 Å². The van der Waals surface area contributed by atoms with Gasteiger partial charge in [-0.1, -0.05) is 6.07 Å². The highest BCUT2D eigenvalue weighted by Crippen LogP contribution is 2.33. The summed E-state index contributed by atoms with van der Waals surface area (Å²) in [6, 6.07) is 3.93. The van der Waals surface area contributed by atoms with E-state index in [1.165, 1.54) is 11.0 Å². The maximum atomic E-state index is 12.0. The predicted octanol–water partition coefficient (Wildman–Crippen LogP) is 0.672. The Labute approximate surface area is 99.6 Å². The maximum absolute atomic E-state index is 12.0. The van der Waals surface area contributed by atoms with Crippen LogP contribution in [0.1, 0.15) is 5.56 Å². The number of carboxylic acids is 1. The summed E-state index contributed by atoms with van der Waals surface area (Å²) in [5, 5.41) is 9.03. The fourth-order valence-corrected chi connectivity index (χ4v) is 3.74. The number of aliphatic carboxylic acids is 1. The van der Waals surface area contributed by atoms with Crippen molar-refractivity contribution in [3.63, 3.8) is 0 Å². The van der Waals surface area contributed by atoms with Crippen molar-refractivity contribution >= 4 is 21.5 Å². The Morgan fingerprint density at radius 3 is 2.71 bits per heavy atom. The Hall–Kier alpha value is -1.56. The lowest BCUT2D eigenvalue weighted by atomic mass is 10.2. The molecule has 92 valence electrons. The first kappa shape index (κ1) is 11.9. The van der Waals surface area contributed by atoms with Gasteiger partial charge in [-0.15, -0.1) is 0 Å². The van der Waals surface area contributed by atoms with Crippen LogP contribution in [0.5, 0.6) is 0 Å². The normalized spacial score (nSPS) is 22.0. The predicted molar refractivity (Wildman–Crippen MR) is 63.1 cm³/mol. The molecule has 0 aliphatic carbocycles. The fourth-order valence-electron chi connectivity index (χ4n) is 1.98. The van der Waals surface area contributed by atoms with Crippen LogP contribution >= 0.6 is 0 Å². The van der Waals surface area contributed by atoms with Gasteiger partial charge in [-0.05, 0) is 24.6 Å². The van der Waals surface area contributed by atoms with E-state index in [1.807, 2.05) is 6.92 Å². The number of carbonyl (C=O) groups is 1. The second-order valence-electron chi connectivity index (χ2n) is 4.22. The van der Waals surface area contributed by atoms with Gasteiger partial charge in [-0.2, -0.15) is 0 Å². The van der Waals surface area contributed by atoms with Crippen molar-refractivity contribution in [1.29, 1.82) is 0 Å². The van der Waals surface area contributed by atoms with Gasteiger partial charge in [0.2, 0.25) is 0 Å². The van der Waals surface area contributed by atoms with Crippen molar-refractivity contribution < 1.29 is 18.3 Å². The average molecular weight is 255 g/mol. The zero-order valence-electron chi connectivity index (χ0n) is 9.54. The molecule has 0 aromatic heterocycles. The summed E-state index contributed by atoms with van der Waals surface area (Å²) in [5.74, 6) is -1.50. The molecular formula is C11H13NO4S. The van der Waals surface area contributed by atoms with Crippen molar-refractivity contribution in [2.24, 2.45) is 0 Å². The van der Waals surface area contributed by atoms with Crippen LogP contribution in [0.4, 0.5) is 5.69 Å². The van der Waals surface area contributed by atoms with Crippen LogP contribution in [0.25, 0.3) is 0 Å². The van der Waals surface area contributed by atoms with Crippen LogP contribution in [0.3, 0.4) is 0 Å². The van der Waals surface area contributed by atoms with Crippen LogP contribution in [0.15, 0.2) is 23.1 Å².